The maximum Gasteiger partial charge on any atom is 0.272 e. The molecule has 0 bridgehead atoms. The average molecular weight is 384 g/mol. The largest absolute Gasteiger partial charge is 0.320 e. The molecule has 0 fully saturated rings. The van der Waals surface area contributed by atoms with Crippen molar-refractivity contribution < 1.29 is 9.18 Å². The van der Waals surface area contributed by atoms with Crippen LogP contribution in [-0.2, 0) is 4.79 Å². The number of pyridine rings is 1. The number of amides is 1. The molecule has 1 heterocycles. The lowest BCUT2D eigenvalue weighted by Gasteiger charge is -2.13. The molecular weight excluding hydrogens is 367 g/mol. The predicted octanol–water partition coefficient (Wildman–Crippen LogP) is 4.99. The summed E-state index contributed by atoms with van der Waals surface area (Å²) in [5, 5.41) is 3.18. The van der Waals surface area contributed by atoms with Crippen LogP contribution in [0.15, 0.2) is 89.7 Å². The third-order valence-electron chi connectivity index (χ3n) is 4.51. The average Bonchev–Trinajstić information content (AvgIpc) is 2.74. The van der Waals surface area contributed by atoms with Crippen molar-refractivity contribution >= 4 is 28.6 Å². The Balaban J connectivity index is 1.81. The van der Waals surface area contributed by atoms with E-state index in [1.54, 1.807) is 6.08 Å². The number of rotatable bonds is 4. The Morgan fingerprint density at radius 1 is 0.931 bits per heavy atom. The van der Waals surface area contributed by atoms with E-state index in [-0.39, 0.29) is 5.69 Å². The molecular formula is C24H17FN2O2. The van der Waals surface area contributed by atoms with Gasteiger partial charge in [0.25, 0.3) is 5.56 Å². The Morgan fingerprint density at radius 2 is 1.62 bits per heavy atom. The lowest BCUT2D eigenvalue weighted by atomic mass is 9.99. The standard InChI is InChI=1S/C24H17FN2O2/c25-18-12-13-20-19(15-18)22(17-9-5-2-6-10-17)23(24(29)26-20)27-21(28)14-11-16-7-3-1-4-8-16/h1-15H,(H,26,29)(H,27,28). The van der Waals surface area contributed by atoms with Crippen molar-refractivity contribution in [2.24, 2.45) is 0 Å². The van der Waals surface area contributed by atoms with Gasteiger partial charge in [-0.1, -0.05) is 60.7 Å². The van der Waals surface area contributed by atoms with E-state index in [1.807, 2.05) is 60.7 Å². The number of halogens is 1. The summed E-state index contributed by atoms with van der Waals surface area (Å²) in [6.07, 6.45) is 3.02. The first-order chi connectivity index (χ1) is 14.1. The van der Waals surface area contributed by atoms with Gasteiger partial charge in [-0.25, -0.2) is 4.39 Å². The molecule has 0 radical (unpaired) electrons. The molecule has 29 heavy (non-hydrogen) atoms. The molecule has 2 N–H and O–H groups in total. The number of hydrogen-bond donors (Lipinski definition) is 2. The van der Waals surface area contributed by atoms with Gasteiger partial charge >= 0.3 is 0 Å². The molecule has 1 aromatic heterocycles. The Hall–Kier alpha value is -3.99. The quantitative estimate of drug-likeness (QED) is 0.487. The van der Waals surface area contributed by atoms with E-state index in [0.717, 1.165) is 5.56 Å². The highest BCUT2D eigenvalue weighted by atomic mass is 19.1. The molecule has 0 aliphatic carbocycles. The molecule has 5 heteroatoms. The molecule has 3 aromatic carbocycles. The van der Waals surface area contributed by atoms with Crippen molar-refractivity contribution in [2.75, 3.05) is 5.32 Å². The zero-order valence-electron chi connectivity index (χ0n) is 15.4. The summed E-state index contributed by atoms with van der Waals surface area (Å²) in [5.41, 5.74) is 2.16. The first kappa shape index (κ1) is 18.4. The number of H-pyrrole nitrogens is 1. The van der Waals surface area contributed by atoms with Crippen LogP contribution in [-0.4, -0.2) is 10.9 Å². The lowest BCUT2D eigenvalue weighted by Crippen LogP contribution is -2.19. The summed E-state index contributed by atoms with van der Waals surface area (Å²) in [5.74, 6) is -0.879. The normalized spacial score (nSPS) is 11.1. The van der Waals surface area contributed by atoms with Gasteiger partial charge in [0.1, 0.15) is 11.5 Å². The molecule has 0 saturated heterocycles. The van der Waals surface area contributed by atoms with Crippen LogP contribution < -0.4 is 10.9 Å². The summed E-state index contributed by atoms with van der Waals surface area (Å²) in [6.45, 7) is 0. The third kappa shape index (κ3) is 3.99. The van der Waals surface area contributed by atoms with E-state index >= 15 is 0 Å². The summed E-state index contributed by atoms with van der Waals surface area (Å²) in [4.78, 5) is 27.9. The van der Waals surface area contributed by atoms with Gasteiger partial charge in [-0.3, -0.25) is 9.59 Å². The zero-order valence-corrected chi connectivity index (χ0v) is 15.4. The maximum atomic E-state index is 13.9. The summed E-state index contributed by atoms with van der Waals surface area (Å²) < 4.78 is 13.9. The van der Waals surface area contributed by atoms with E-state index in [4.69, 9.17) is 0 Å². The van der Waals surface area contributed by atoms with E-state index < -0.39 is 17.3 Å². The van der Waals surface area contributed by atoms with Crippen molar-refractivity contribution in [1.29, 1.82) is 0 Å². The summed E-state index contributed by atoms with van der Waals surface area (Å²) >= 11 is 0. The van der Waals surface area contributed by atoms with Crippen LogP contribution in [0.4, 0.5) is 10.1 Å². The number of carbonyl (C=O) groups excluding carboxylic acids is 1. The number of carbonyl (C=O) groups is 1. The fourth-order valence-corrected chi connectivity index (χ4v) is 3.19. The zero-order chi connectivity index (χ0) is 20.2. The molecule has 0 saturated carbocycles. The first-order valence-corrected chi connectivity index (χ1v) is 9.07. The van der Waals surface area contributed by atoms with Gasteiger partial charge in [0.2, 0.25) is 5.91 Å². The number of nitrogens with one attached hydrogen (secondary N) is 2. The van der Waals surface area contributed by atoms with Crippen LogP contribution in [0.1, 0.15) is 5.56 Å². The molecule has 0 atom stereocenters. The predicted molar refractivity (Wildman–Crippen MR) is 114 cm³/mol. The van der Waals surface area contributed by atoms with Crippen molar-refractivity contribution in [3.05, 3.63) is 107 Å². The van der Waals surface area contributed by atoms with Crippen molar-refractivity contribution in [3.8, 4) is 11.1 Å². The number of hydrogen-bond acceptors (Lipinski definition) is 2. The Morgan fingerprint density at radius 3 is 2.34 bits per heavy atom. The van der Waals surface area contributed by atoms with Crippen molar-refractivity contribution in [2.45, 2.75) is 0 Å². The van der Waals surface area contributed by atoms with Gasteiger partial charge in [-0.2, -0.15) is 0 Å². The fourth-order valence-electron chi connectivity index (χ4n) is 3.19. The number of benzene rings is 3. The minimum absolute atomic E-state index is 0.0806. The number of anilines is 1. The first-order valence-electron chi connectivity index (χ1n) is 9.07. The molecule has 4 rings (SSSR count). The van der Waals surface area contributed by atoms with E-state index in [9.17, 15) is 14.0 Å². The van der Waals surface area contributed by atoms with Crippen LogP contribution in [0.3, 0.4) is 0 Å². The summed E-state index contributed by atoms with van der Waals surface area (Å²) in [7, 11) is 0. The smallest absolute Gasteiger partial charge is 0.272 e. The number of aromatic nitrogens is 1. The molecule has 0 aliphatic heterocycles. The van der Waals surface area contributed by atoms with Gasteiger partial charge in [0.15, 0.2) is 0 Å². The Kier molecular flexibility index (Phi) is 5.03. The van der Waals surface area contributed by atoms with Gasteiger partial charge in [0, 0.05) is 22.5 Å². The third-order valence-corrected chi connectivity index (χ3v) is 4.51. The van der Waals surface area contributed by atoms with E-state index in [0.29, 0.717) is 22.0 Å². The fraction of sp³-hybridized carbons (Fsp3) is 0. The molecule has 0 spiro atoms. The van der Waals surface area contributed by atoms with Gasteiger partial charge < -0.3 is 10.3 Å². The van der Waals surface area contributed by atoms with Gasteiger partial charge in [-0.15, -0.1) is 0 Å². The second-order valence-electron chi connectivity index (χ2n) is 6.49. The molecule has 1 amide bonds. The second kappa shape index (κ2) is 7.94. The Labute approximate surface area is 166 Å². The molecule has 4 aromatic rings. The van der Waals surface area contributed by atoms with Crippen LogP contribution in [0.5, 0.6) is 0 Å². The van der Waals surface area contributed by atoms with Crippen molar-refractivity contribution in [1.82, 2.24) is 4.98 Å². The highest BCUT2D eigenvalue weighted by molar-refractivity contribution is 6.08. The molecule has 142 valence electrons. The van der Waals surface area contributed by atoms with Gasteiger partial charge in [-0.05, 0) is 35.4 Å². The Bertz CT molecular complexity index is 1260. The minimum Gasteiger partial charge on any atom is -0.320 e. The highest BCUT2D eigenvalue weighted by Gasteiger charge is 2.16. The number of fused-ring (bicyclic) bond motifs is 1. The topological polar surface area (TPSA) is 62.0 Å². The van der Waals surface area contributed by atoms with Crippen LogP contribution in [0.25, 0.3) is 28.1 Å². The second-order valence-corrected chi connectivity index (χ2v) is 6.49. The van der Waals surface area contributed by atoms with Crippen molar-refractivity contribution in [3.63, 3.8) is 0 Å². The monoisotopic (exact) mass is 384 g/mol. The minimum atomic E-state index is -0.454. The molecule has 0 unspecified atom stereocenters. The highest BCUT2D eigenvalue weighted by Crippen LogP contribution is 2.32. The maximum absolute atomic E-state index is 13.9. The lowest BCUT2D eigenvalue weighted by molar-refractivity contribution is -0.111. The SMILES string of the molecule is O=C(C=Cc1ccccc1)Nc1c(-c2ccccc2)c2cc(F)ccc2[nH]c1=O. The van der Waals surface area contributed by atoms with E-state index in [2.05, 4.69) is 10.3 Å². The summed E-state index contributed by atoms with van der Waals surface area (Å²) in [6, 6.07) is 22.6. The van der Waals surface area contributed by atoms with Crippen LogP contribution in [0, 0.1) is 5.82 Å². The molecule has 0 aliphatic rings. The van der Waals surface area contributed by atoms with E-state index in [1.165, 1.54) is 24.3 Å². The van der Waals surface area contributed by atoms with Crippen LogP contribution >= 0.6 is 0 Å². The van der Waals surface area contributed by atoms with Crippen LogP contribution in [0.2, 0.25) is 0 Å². The van der Waals surface area contributed by atoms with Gasteiger partial charge in [0.05, 0.1) is 0 Å². The molecule has 4 nitrogen and oxygen atoms in total. The number of aromatic amines is 1.